The Hall–Kier alpha value is -2.02. The molecular weight excluding hydrogens is 364 g/mol. The Morgan fingerprint density at radius 3 is 2.52 bits per heavy atom. The lowest BCUT2D eigenvalue weighted by Gasteiger charge is -2.12. The summed E-state index contributed by atoms with van der Waals surface area (Å²) in [7, 11) is 1.59. The van der Waals surface area contributed by atoms with E-state index in [2.05, 4.69) is 15.9 Å². The second-order valence-corrected chi connectivity index (χ2v) is 5.71. The van der Waals surface area contributed by atoms with Crippen LogP contribution in [0.15, 0.2) is 38.5 Å². The van der Waals surface area contributed by atoms with Crippen molar-refractivity contribution in [3.05, 3.63) is 55.3 Å². The summed E-state index contributed by atoms with van der Waals surface area (Å²) in [6.45, 7) is 4.56. The Balaban J connectivity index is 2.34. The summed E-state index contributed by atoms with van der Waals surface area (Å²) in [4.78, 5) is 24.4. The van der Waals surface area contributed by atoms with Gasteiger partial charge in [0.05, 0.1) is 13.3 Å². The number of rotatable bonds is 6. The van der Waals surface area contributed by atoms with Crippen LogP contribution < -0.4 is 20.7 Å². The number of benzene rings is 1. The number of hydrogen-bond acceptors (Lipinski definition) is 4. The molecule has 0 atom stereocenters. The zero-order valence-corrected chi connectivity index (χ0v) is 14.9. The lowest BCUT2D eigenvalue weighted by Crippen LogP contribution is -2.39. The molecular formula is C16H19BrN2O4. The molecule has 1 aromatic heterocycles. The second kappa shape index (κ2) is 7.50. The molecule has 2 aromatic rings. The van der Waals surface area contributed by atoms with Crippen LogP contribution >= 0.6 is 15.9 Å². The van der Waals surface area contributed by atoms with Crippen LogP contribution in [0.3, 0.4) is 0 Å². The molecule has 0 amide bonds. The van der Waals surface area contributed by atoms with Crippen molar-refractivity contribution < 1.29 is 9.47 Å². The van der Waals surface area contributed by atoms with E-state index in [1.807, 2.05) is 25.1 Å². The van der Waals surface area contributed by atoms with Gasteiger partial charge in [0.25, 0.3) is 5.56 Å². The van der Waals surface area contributed by atoms with E-state index in [4.69, 9.17) is 9.47 Å². The predicted molar refractivity (Wildman–Crippen MR) is 91.3 cm³/mol. The molecule has 0 saturated heterocycles. The van der Waals surface area contributed by atoms with Crippen molar-refractivity contribution in [1.82, 2.24) is 9.13 Å². The van der Waals surface area contributed by atoms with Crippen LogP contribution in [0.2, 0.25) is 0 Å². The molecule has 0 fully saturated rings. The van der Waals surface area contributed by atoms with Gasteiger partial charge in [-0.3, -0.25) is 13.9 Å². The van der Waals surface area contributed by atoms with Crippen molar-refractivity contribution in [3.8, 4) is 11.5 Å². The van der Waals surface area contributed by atoms with Crippen molar-refractivity contribution in [2.45, 2.75) is 33.5 Å². The molecule has 0 spiro atoms. The van der Waals surface area contributed by atoms with Crippen LogP contribution in [0.5, 0.6) is 11.5 Å². The van der Waals surface area contributed by atoms with E-state index < -0.39 is 5.56 Å². The zero-order chi connectivity index (χ0) is 17.0. The Morgan fingerprint density at radius 2 is 1.91 bits per heavy atom. The van der Waals surface area contributed by atoms with Crippen molar-refractivity contribution in [1.29, 1.82) is 0 Å². The summed E-state index contributed by atoms with van der Waals surface area (Å²) in [5.74, 6) is 0.860. The largest absolute Gasteiger partial charge is 0.497 e. The molecule has 23 heavy (non-hydrogen) atoms. The molecule has 7 heteroatoms. The molecule has 0 saturated carbocycles. The summed E-state index contributed by atoms with van der Waals surface area (Å²) in [5, 5.41) is 0. The van der Waals surface area contributed by atoms with Gasteiger partial charge < -0.3 is 9.47 Å². The Kier molecular flexibility index (Phi) is 5.65. The first kappa shape index (κ1) is 17.3. The van der Waals surface area contributed by atoms with Gasteiger partial charge in [0.15, 0.2) is 0 Å². The van der Waals surface area contributed by atoms with Crippen LogP contribution in [0.1, 0.15) is 19.4 Å². The highest BCUT2D eigenvalue weighted by atomic mass is 79.9. The molecule has 0 bridgehead atoms. The van der Waals surface area contributed by atoms with Gasteiger partial charge in [0, 0.05) is 23.1 Å². The number of nitrogens with zero attached hydrogens (tertiary/aromatic N) is 2. The standard InChI is InChI=1S/C16H19BrN2O4/c1-4-18-9-14(15(20)19(5-2)16(18)21)23-10-11-8-12(22-3)6-7-13(11)17/h6-9H,4-5,10H2,1-3H3. The third-order valence-corrected chi connectivity index (χ3v) is 4.27. The molecule has 0 aliphatic carbocycles. The quantitative estimate of drug-likeness (QED) is 0.769. The topological polar surface area (TPSA) is 62.5 Å². The number of aryl methyl sites for hydroxylation is 1. The average Bonchev–Trinajstić information content (AvgIpc) is 2.56. The van der Waals surface area contributed by atoms with E-state index in [0.29, 0.717) is 18.8 Å². The van der Waals surface area contributed by atoms with Crippen molar-refractivity contribution in [2.24, 2.45) is 0 Å². The van der Waals surface area contributed by atoms with Crippen LogP contribution in [-0.4, -0.2) is 16.2 Å². The van der Waals surface area contributed by atoms with E-state index in [1.165, 1.54) is 15.3 Å². The number of hydrogen-bond donors (Lipinski definition) is 0. The van der Waals surface area contributed by atoms with Gasteiger partial charge >= 0.3 is 5.69 Å². The van der Waals surface area contributed by atoms with Gasteiger partial charge in [0.2, 0.25) is 5.75 Å². The van der Waals surface area contributed by atoms with E-state index in [-0.39, 0.29) is 18.0 Å². The van der Waals surface area contributed by atoms with Gasteiger partial charge in [-0.25, -0.2) is 4.79 Å². The minimum Gasteiger partial charge on any atom is -0.497 e. The maximum atomic E-state index is 12.3. The summed E-state index contributed by atoms with van der Waals surface area (Å²) in [6.07, 6.45) is 1.46. The maximum absolute atomic E-state index is 12.3. The Bertz CT molecular complexity index is 811. The van der Waals surface area contributed by atoms with E-state index >= 15 is 0 Å². The van der Waals surface area contributed by atoms with E-state index in [9.17, 15) is 9.59 Å². The summed E-state index contributed by atoms with van der Waals surface area (Å²) in [5.41, 5.74) is 0.108. The van der Waals surface area contributed by atoms with Crippen LogP contribution in [-0.2, 0) is 19.7 Å². The molecule has 0 radical (unpaired) electrons. The average molecular weight is 383 g/mol. The van der Waals surface area contributed by atoms with E-state index in [0.717, 1.165) is 10.0 Å². The minimum atomic E-state index is -0.416. The molecule has 0 aliphatic heterocycles. The molecule has 2 rings (SSSR count). The fraction of sp³-hybridized carbons (Fsp3) is 0.375. The number of methoxy groups -OCH3 is 1. The lowest BCUT2D eigenvalue weighted by atomic mass is 10.2. The zero-order valence-electron chi connectivity index (χ0n) is 13.3. The molecule has 124 valence electrons. The second-order valence-electron chi connectivity index (χ2n) is 4.86. The molecule has 0 aliphatic rings. The Morgan fingerprint density at radius 1 is 1.17 bits per heavy atom. The molecule has 0 unspecified atom stereocenters. The summed E-state index contributed by atoms with van der Waals surface area (Å²) < 4.78 is 14.3. The fourth-order valence-corrected chi connectivity index (χ4v) is 2.54. The molecule has 6 nitrogen and oxygen atoms in total. The van der Waals surface area contributed by atoms with Gasteiger partial charge in [-0.15, -0.1) is 0 Å². The third-order valence-electron chi connectivity index (χ3n) is 3.50. The minimum absolute atomic E-state index is 0.156. The van der Waals surface area contributed by atoms with Gasteiger partial charge in [-0.2, -0.15) is 0 Å². The van der Waals surface area contributed by atoms with Gasteiger partial charge in [-0.05, 0) is 32.0 Å². The van der Waals surface area contributed by atoms with Crippen LogP contribution in [0.25, 0.3) is 0 Å². The number of aromatic nitrogens is 2. The highest BCUT2D eigenvalue weighted by Gasteiger charge is 2.12. The van der Waals surface area contributed by atoms with Crippen molar-refractivity contribution in [3.63, 3.8) is 0 Å². The van der Waals surface area contributed by atoms with E-state index in [1.54, 1.807) is 14.0 Å². The van der Waals surface area contributed by atoms with Crippen LogP contribution in [0.4, 0.5) is 0 Å². The SMILES string of the molecule is CCn1cc(OCc2cc(OC)ccc2Br)c(=O)n(CC)c1=O. The fourth-order valence-electron chi connectivity index (χ4n) is 2.18. The molecule has 0 N–H and O–H groups in total. The first-order chi connectivity index (χ1) is 11.0. The van der Waals surface area contributed by atoms with Gasteiger partial charge in [0.1, 0.15) is 12.4 Å². The number of halogens is 1. The first-order valence-corrected chi connectivity index (χ1v) is 8.10. The summed E-state index contributed by atoms with van der Waals surface area (Å²) >= 11 is 3.45. The third kappa shape index (κ3) is 3.67. The van der Waals surface area contributed by atoms with Gasteiger partial charge in [-0.1, -0.05) is 15.9 Å². The monoisotopic (exact) mass is 382 g/mol. The highest BCUT2D eigenvalue weighted by molar-refractivity contribution is 9.10. The lowest BCUT2D eigenvalue weighted by molar-refractivity contribution is 0.291. The Labute approximate surface area is 142 Å². The highest BCUT2D eigenvalue weighted by Crippen LogP contribution is 2.23. The molecule has 1 aromatic carbocycles. The van der Waals surface area contributed by atoms with Crippen molar-refractivity contribution in [2.75, 3.05) is 7.11 Å². The number of ether oxygens (including phenoxy) is 2. The first-order valence-electron chi connectivity index (χ1n) is 7.31. The van der Waals surface area contributed by atoms with Crippen molar-refractivity contribution >= 4 is 15.9 Å². The maximum Gasteiger partial charge on any atom is 0.331 e. The molecule has 1 heterocycles. The smallest absolute Gasteiger partial charge is 0.331 e. The normalized spacial score (nSPS) is 10.6. The summed E-state index contributed by atoms with van der Waals surface area (Å²) in [6, 6.07) is 5.52. The van der Waals surface area contributed by atoms with Crippen LogP contribution in [0, 0.1) is 0 Å². The predicted octanol–water partition coefficient (Wildman–Crippen LogP) is 2.40.